The minimum Gasteiger partial charge on any atom is -0.353 e. The maximum atomic E-state index is 4.36. The van der Waals surface area contributed by atoms with Crippen LogP contribution in [0.25, 0.3) is 5.69 Å². The van der Waals surface area contributed by atoms with Crippen molar-refractivity contribution < 1.29 is 0 Å². The molecule has 0 bridgehead atoms. The van der Waals surface area contributed by atoms with Gasteiger partial charge in [-0.1, -0.05) is 25.1 Å². The highest BCUT2D eigenvalue weighted by atomic mass is 15.2. The first kappa shape index (κ1) is 11.7. The lowest BCUT2D eigenvalue weighted by Gasteiger charge is -2.14. The van der Waals surface area contributed by atoms with Crippen LogP contribution in [0, 0.1) is 0 Å². The van der Waals surface area contributed by atoms with Crippen LogP contribution in [0.5, 0.6) is 0 Å². The smallest absolute Gasteiger partial charge is 0.207 e. The number of aromatic nitrogens is 2. The van der Waals surface area contributed by atoms with Gasteiger partial charge in [0.05, 0.1) is 5.69 Å². The van der Waals surface area contributed by atoms with Gasteiger partial charge in [0.2, 0.25) is 5.95 Å². The first-order valence-electron chi connectivity index (χ1n) is 6.10. The van der Waals surface area contributed by atoms with Crippen LogP contribution in [-0.4, -0.2) is 15.6 Å². The molecule has 0 spiro atoms. The summed E-state index contributed by atoms with van der Waals surface area (Å²) in [6.45, 7) is 6.40. The molecule has 0 atom stereocenters. The Labute approximate surface area is 103 Å². The molecule has 3 heteroatoms. The summed E-state index contributed by atoms with van der Waals surface area (Å²) >= 11 is 0. The molecule has 0 aliphatic heterocycles. The van der Waals surface area contributed by atoms with Gasteiger partial charge in [-0.3, -0.25) is 4.57 Å². The fraction of sp³-hybridized carbons (Fsp3) is 0.357. The SMILES string of the molecule is CCc1ccccc1-n1ccnc1NC(C)C. The van der Waals surface area contributed by atoms with Crippen molar-refractivity contribution in [3.63, 3.8) is 0 Å². The highest BCUT2D eigenvalue weighted by Crippen LogP contribution is 2.19. The molecule has 0 saturated heterocycles. The average molecular weight is 229 g/mol. The Morgan fingerprint density at radius 1 is 1.29 bits per heavy atom. The lowest BCUT2D eigenvalue weighted by Crippen LogP contribution is -2.14. The number of nitrogens with one attached hydrogen (secondary N) is 1. The summed E-state index contributed by atoms with van der Waals surface area (Å²) in [4.78, 5) is 4.36. The highest BCUT2D eigenvalue weighted by molar-refractivity contribution is 5.47. The van der Waals surface area contributed by atoms with Gasteiger partial charge in [-0.2, -0.15) is 0 Å². The second kappa shape index (κ2) is 5.04. The first-order chi connectivity index (χ1) is 8.22. The van der Waals surface area contributed by atoms with Crippen molar-refractivity contribution in [2.45, 2.75) is 33.2 Å². The molecular weight excluding hydrogens is 210 g/mol. The largest absolute Gasteiger partial charge is 0.353 e. The number of benzene rings is 1. The zero-order valence-electron chi connectivity index (χ0n) is 10.6. The van der Waals surface area contributed by atoms with E-state index >= 15 is 0 Å². The molecular formula is C14H19N3. The number of rotatable bonds is 4. The van der Waals surface area contributed by atoms with Crippen molar-refractivity contribution in [2.75, 3.05) is 5.32 Å². The number of nitrogens with zero attached hydrogens (tertiary/aromatic N) is 2. The van der Waals surface area contributed by atoms with Crippen molar-refractivity contribution in [2.24, 2.45) is 0 Å². The molecule has 0 unspecified atom stereocenters. The van der Waals surface area contributed by atoms with E-state index in [1.165, 1.54) is 11.3 Å². The quantitative estimate of drug-likeness (QED) is 0.872. The van der Waals surface area contributed by atoms with E-state index < -0.39 is 0 Å². The normalized spacial score (nSPS) is 10.8. The van der Waals surface area contributed by atoms with E-state index in [1.54, 1.807) is 0 Å². The van der Waals surface area contributed by atoms with Crippen LogP contribution in [0.4, 0.5) is 5.95 Å². The summed E-state index contributed by atoms with van der Waals surface area (Å²) < 4.78 is 2.11. The number of imidazole rings is 1. The molecule has 0 amide bonds. The molecule has 3 nitrogen and oxygen atoms in total. The predicted molar refractivity (Wildman–Crippen MR) is 71.7 cm³/mol. The van der Waals surface area contributed by atoms with Crippen molar-refractivity contribution in [3.8, 4) is 5.69 Å². The molecule has 0 fully saturated rings. The van der Waals surface area contributed by atoms with Crippen LogP contribution >= 0.6 is 0 Å². The summed E-state index contributed by atoms with van der Waals surface area (Å²) in [6.07, 6.45) is 4.85. The van der Waals surface area contributed by atoms with E-state index in [4.69, 9.17) is 0 Å². The molecule has 1 aromatic carbocycles. The Morgan fingerprint density at radius 2 is 2.06 bits per heavy atom. The third-order valence-electron chi connectivity index (χ3n) is 2.69. The molecule has 1 aromatic heterocycles. The maximum absolute atomic E-state index is 4.36. The van der Waals surface area contributed by atoms with E-state index in [0.717, 1.165) is 12.4 Å². The zero-order valence-corrected chi connectivity index (χ0v) is 10.6. The molecule has 0 saturated carbocycles. The van der Waals surface area contributed by atoms with Gasteiger partial charge >= 0.3 is 0 Å². The second-order valence-electron chi connectivity index (χ2n) is 4.40. The van der Waals surface area contributed by atoms with Gasteiger partial charge in [-0.15, -0.1) is 0 Å². The number of hydrogen-bond acceptors (Lipinski definition) is 2. The summed E-state index contributed by atoms with van der Waals surface area (Å²) in [5.74, 6) is 0.904. The number of hydrogen-bond donors (Lipinski definition) is 1. The second-order valence-corrected chi connectivity index (χ2v) is 4.40. The predicted octanol–water partition coefficient (Wildman–Crippen LogP) is 3.26. The Morgan fingerprint density at radius 3 is 2.76 bits per heavy atom. The van der Waals surface area contributed by atoms with Gasteiger partial charge in [0, 0.05) is 18.4 Å². The van der Waals surface area contributed by atoms with E-state index in [1.807, 2.05) is 12.4 Å². The van der Waals surface area contributed by atoms with Gasteiger partial charge in [-0.25, -0.2) is 4.98 Å². The molecule has 90 valence electrons. The van der Waals surface area contributed by atoms with Crippen molar-refractivity contribution >= 4 is 5.95 Å². The molecule has 0 radical (unpaired) electrons. The minimum absolute atomic E-state index is 0.380. The van der Waals surface area contributed by atoms with E-state index in [9.17, 15) is 0 Å². The van der Waals surface area contributed by atoms with Crippen LogP contribution < -0.4 is 5.32 Å². The Bertz CT molecular complexity index is 486. The summed E-state index contributed by atoms with van der Waals surface area (Å²) in [7, 11) is 0. The van der Waals surface area contributed by atoms with Crippen molar-refractivity contribution in [1.29, 1.82) is 0 Å². The topological polar surface area (TPSA) is 29.9 Å². The van der Waals surface area contributed by atoms with Gasteiger partial charge in [0.15, 0.2) is 0 Å². The van der Waals surface area contributed by atoms with Gasteiger partial charge < -0.3 is 5.32 Å². The molecule has 1 heterocycles. The van der Waals surface area contributed by atoms with E-state index in [2.05, 4.69) is 59.9 Å². The molecule has 0 aliphatic rings. The van der Waals surface area contributed by atoms with Gasteiger partial charge in [0.1, 0.15) is 0 Å². The number of para-hydroxylation sites is 1. The van der Waals surface area contributed by atoms with Crippen LogP contribution in [0.15, 0.2) is 36.7 Å². The summed E-state index contributed by atoms with van der Waals surface area (Å²) in [5.41, 5.74) is 2.54. The van der Waals surface area contributed by atoms with Crippen LogP contribution in [-0.2, 0) is 6.42 Å². The Balaban J connectivity index is 2.42. The van der Waals surface area contributed by atoms with E-state index in [-0.39, 0.29) is 0 Å². The van der Waals surface area contributed by atoms with E-state index in [0.29, 0.717) is 6.04 Å². The van der Waals surface area contributed by atoms with Crippen LogP contribution in [0.1, 0.15) is 26.3 Å². The molecule has 1 N–H and O–H groups in total. The minimum atomic E-state index is 0.380. The lowest BCUT2D eigenvalue weighted by molar-refractivity contribution is 0.861. The number of aryl methyl sites for hydroxylation is 1. The summed E-state index contributed by atoms with van der Waals surface area (Å²) in [6, 6.07) is 8.81. The fourth-order valence-corrected chi connectivity index (χ4v) is 1.91. The van der Waals surface area contributed by atoms with Crippen molar-refractivity contribution in [1.82, 2.24) is 9.55 Å². The highest BCUT2D eigenvalue weighted by Gasteiger charge is 2.08. The average Bonchev–Trinajstić information content (AvgIpc) is 2.76. The van der Waals surface area contributed by atoms with Crippen LogP contribution in [0.2, 0.25) is 0 Å². The van der Waals surface area contributed by atoms with Crippen molar-refractivity contribution in [3.05, 3.63) is 42.2 Å². The third-order valence-corrected chi connectivity index (χ3v) is 2.69. The third kappa shape index (κ3) is 2.49. The standard InChI is InChI=1S/C14H19N3/c1-4-12-7-5-6-8-13(12)17-10-9-15-14(17)16-11(2)3/h5-11H,4H2,1-3H3,(H,15,16). The summed E-state index contributed by atoms with van der Waals surface area (Å²) in [5, 5.41) is 3.35. The maximum Gasteiger partial charge on any atom is 0.207 e. The Hall–Kier alpha value is -1.77. The first-order valence-corrected chi connectivity index (χ1v) is 6.10. The van der Waals surface area contributed by atoms with Gasteiger partial charge in [0.25, 0.3) is 0 Å². The van der Waals surface area contributed by atoms with Gasteiger partial charge in [-0.05, 0) is 31.9 Å². The number of anilines is 1. The Kier molecular flexibility index (Phi) is 3.47. The zero-order chi connectivity index (χ0) is 12.3. The molecule has 17 heavy (non-hydrogen) atoms. The van der Waals surface area contributed by atoms with Crippen LogP contribution in [0.3, 0.4) is 0 Å². The molecule has 0 aliphatic carbocycles. The lowest BCUT2D eigenvalue weighted by atomic mass is 10.1. The molecule has 2 rings (SSSR count). The fourth-order valence-electron chi connectivity index (χ4n) is 1.91. The monoisotopic (exact) mass is 229 g/mol. The molecule has 2 aromatic rings.